The van der Waals surface area contributed by atoms with Crippen molar-refractivity contribution in [3.05, 3.63) is 0 Å². The molecule has 1 saturated heterocycles. The van der Waals surface area contributed by atoms with E-state index in [2.05, 4.69) is 18.7 Å². The van der Waals surface area contributed by atoms with Crippen molar-refractivity contribution in [3.8, 4) is 0 Å². The van der Waals surface area contributed by atoms with Gasteiger partial charge in [0, 0.05) is 37.5 Å². The fourth-order valence-corrected chi connectivity index (χ4v) is 5.37. The molecular formula is C19H33NO3. The van der Waals surface area contributed by atoms with Crippen LogP contribution in [0.2, 0.25) is 0 Å². The van der Waals surface area contributed by atoms with E-state index in [1.807, 2.05) is 6.92 Å². The zero-order valence-electron chi connectivity index (χ0n) is 15.0. The molecule has 4 unspecified atom stereocenters. The van der Waals surface area contributed by atoms with E-state index in [-0.39, 0.29) is 23.5 Å². The normalized spacial score (nSPS) is 40.0. The van der Waals surface area contributed by atoms with Gasteiger partial charge in [0.1, 0.15) is 0 Å². The Kier molecular flexibility index (Phi) is 5.03. The van der Waals surface area contributed by atoms with Crippen molar-refractivity contribution in [2.75, 3.05) is 19.7 Å². The molecule has 0 bridgehead atoms. The summed E-state index contributed by atoms with van der Waals surface area (Å²) in [4.78, 5) is 14.9. The molecule has 0 radical (unpaired) electrons. The molecule has 2 saturated carbocycles. The van der Waals surface area contributed by atoms with E-state index in [0.717, 1.165) is 45.2 Å². The Bertz CT molecular complexity index is 418. The zero-order chi connectivity index (χ0) is 16.6. The third kappa shape index (κ3) is 3.17. The van der Waals surface area contributed by atoms with Crippen molar-refractivity contribution >= 4 is 5.91 Å². The molecule has 0 aromatic rings. The number of ether oxygens (including phenoxy) is 1. The first kappa shape index (κ1) is 17.2. The Morgan fingerprint density at radius 3 is 2.26 bits per heavy atom. The number of amides is 1. The number of hydrogen-bond acceptors (Lipinski definition) is 3. The van der Waals surface area contributed by atoms with Crippen molar-refractivity contribution < 1.29 is 14.6 Å². The van der Waals surface area contributed by atoms with Crippen LogP contribution in [0.1, 0.15) is 59.3 Å². The molecule has 1 N–H and O–H groups in total. The molecule has 132 valence electrons. The first-order valence-corrected chi connectivity index (χ1v) is 9.54. The van der Waals surface area contributed by atoms with Crippen LogP contribution < -0.4 is 0 Å². The fraction of sp³-hybridized carbons (Fsp3) is 0.947. The van der Waals surface area contributed by atoms with Crippen LogP contribution in [0, 0.1) is 23.2 Å². The average Bonchev–Trinajstić information content (AvgIpc) is 2.53. The highest BCUT2D eigenvalue weighted by Crippen LogP contribution is 2.51. The number of nitrogens with zero attached hydrogens (tertiary/aromatic N) is 1. The third-order valence-corrected chi connectivity index (χ3v) is 6.64. The topological polar surface area (TPSA) is 49.8 Å². The maximum absolute atomic E-state index is 12.9. The van der Waals surface area contributed by atoms with Crippen molar-refractivity contribution in [1.29, 1.82) is 0 Å². The first-order chi connectivity index (χ1) is 11.0. The van der Waals surface area contributed by atoms with E-state index in [0.29, 0.717) is 24.3 Å². The zero-order valence-corrected chi connectivity index (χ0v) is 15.0. The lowest BCUT2D eigenvalue weighted by molar-refractivity contribution is -0.210. The molecule has 1 aliphatic heterocycles. The van der Waals surface area contributed by atoms with Crippen LogP contribution in [-0.2, 0) is 9.53 Å². The van der Waals surface area contributed by atoms with Gasteiger partial charge in [-0.2, -0.15) is 0 Å². The van der Waals surface area contributed by atoms with E-state index in [1.165, 1.54) is 6.42 Å². The average molecular weight is 323 g/mol. The predicted molar refractivity (Wildman–Crippen MR) is 90.0 cm³/mol. The lowest BCUT2D eigenvalue weighted by atomic mass is 9.58. The highest BCUT2D eigenvalue weighted by Gasteiger charge is 2.56. The van der Waals surface area contributed by atoms with Crippen LogP contribution in [0.15, 0.2) is 0 Å². The minimum absolute atomic E-state index is 0.0834. The highest BCUT2D eigenvalue weighted by atomic mass is 16.5. The van der Waals surface area contributed by atoms with Gasteiger partial charge in [-0.1, -0.05) is 13.8 Å². The largest absolute Gasteiger partial charge is 0.392 e. The van der Waals surface area contributed by atoms with Gasteiger partial charge in [0.05, 0.1) is 12.2 Å². The number of rotatable bonds is 3. The van der Waals surface area contributed by atoms with E-state index in [4.69, 9.17) is 4.74 Å². The molecule has 1 spiro atoms. The van der Waals surface area contributed by atoms with Gasteiger partial charge in [-0.05, 0) is 50.9 Å². The quantitative estimate of drug-likeness (QED) is 0.869. The molecular weight excluding hydrogens is 290 g/mol. The summed E-state index contributed by atoms with van der Waals surface area (Å²) in [7, 11) is 0. The summed E-state index contributed by atoms with van der Waals surface area (Å²) >= 11 is 0. The van der Waals surface area contributed by atoms with Gasteiger partial charge in [0.15, 0.2) is 0 Å². The summed E-state index contributed by atoms with van der Waals surface area (Å²) in [6, 6.07) is 0. The van der Waals surface area contributed by atoms with Crippen molar-refractivity contribution in [3.63, 3.8) is 0 Å². The molecule has 3 rings (SSSR count). The van der Waals surface area contributed by atoms with E-state index in [1.54, 1.807) is 0 Å². The van der Waals surface area contributed by atoms with Crippen LogP contribution in [0.25, 0.3) is 0 Å². The maximum atomic E-state index is 12.9. The van der Waals surface area contributed by atoms with Gasteiger partial charge in [-0.15, -0.1) is 0 Å². The molecule has 0 aromatic heterocycles. The minimum Gasteiger partial charge on any atom is -0.392 e. The number of hydrogen-bond donors (Lipinski definition) is 1. The second-order valence-electron chi connectivity index (χ2n) is 8.37. The summed E-state index contributed by atoms with van der Waals surface area (Å²) in [5, 5.41) is 10.3. The van der Waals surface area contributed by atoms with Crippen molar-refractivity contribution in [2.24, 2.45) is 23.2 Å². The molecule has 2 aliphatic carbocycles. The molecule has 4 heteroatoms. The fourth-order valence-electron chi connectivity index (χ4n) is 5.37. The summed E-state index contributed by atoms with van der Waals surface area (Å²) in [5.41, 5.74) is -0.0834. The minimum atomic E-state index is -0.244. The smallest absolute Gasteiger partial charge is 0.225 e. The second kappa shape index (κ2) is 6.72. The molecule has 4 nitrogen and oxygen atoms in total. The van der Waals surface area contributed by atoms with Crippen LogP contribution in [0.4, 0.5) is 0 Å². The van der Waals surface area contributed by atoms with Gasteiger partial charge < -0.3 is 14.7 Å². The van der Waals surface area contributed by atoms with Gasteiger partial charge in [-0.25, -0.2) is 0 Å². The summed E-state index contributed by atoms with van der Waals surface area (Å²) in [5.74, 6) is 1.91. The number of likely N-dealkylation sites (tertiary alicyclic amines) is 1. The summed E-state index contributed by atoms with van der Waals surface area (Å²) in [6.07, 6.45) is 5.85. The van der Waals surface area contributed by atoms with E-state index in [9.17, 15) is 9.90 Å². The van der Waals surface area contributed by atoms with Gasteiger partial charge in [-0.3, -0.25) is 4.79 Å². The highest BCUT2D eigenvalue weighted by molar-refractivity contribution is 5.79. The van der Waals surface area contributed by atoms with E-state index >= 15 is 0 Å². The van der Waals surface area contributed by atoms with Crippen LogP contribution >= 0.6 is 0 Å². The summed E-state index contributed by atoms with van der Waals surface area (Å²) < 4.78 is 5.82. The van der Waals surface area contributed by atoms with Crippen LogP contribution in [0.3, 0.4) is 0 Å². The molecule has 0 aromatic carbocycles. The van der Waals surface area contributed by atoms with Gasteiger partial charge in [0.2, 0.25) is 5.91 Å². The molecule has 23 heavy (non-hydrogen) atoms. The molecule has 3 aliphatic rings. The third-order valence-electron chi connectivity index (χ3n) is 6.64. The Labute approximate surface area is 140 Å². The number of aliphatic hydroxyl groups is 1. The SMILES string of the molecule is CCOC1CC(O)C12CCN(C(=O)C1CC(C)CC(C)C1)CC2. The number of carbonyl (C=O) groups excluding carboxylic acids is 1. The van der Waals surface area contributed by atoms with Crippen LogP contribution in [-0.4, -0.2) is 47.8 Å². The Balaban J connectivity index is 1.57. The molecule has 1 heterocycles. The monoisotopic (exact) mass is 323 g/mol. The standard InChI is InChI=1S/C19H33NO3/c1-4-23-17-12-16(21)19(17)5-7-20(8-6-19)18(22)15-10-13(2)9-14(3)11-15/h13-17,21H,4-12H2,1-3H3. The molecule has 3 fully saturated rings. The van der Waals surface area contributed by atoms with E-state index < -0.39 is 0 Å². The second-order valence-corrected chi connectivity index (χ2v) is 8.37. The van der Waals surface area contributed by atoms with Crippen LogP contribution in [0.5, 0.6) is 0 Å². The molecule has 4 atom stereocenters. The Morgan fingerprint density at radius 2 is 1.74 bits per heavy atom. The molecule has 1 amide bonds. The Morgan fingerprint density at radius 1 is 1.13 bits per heavy atom. The lowest BCUT2D eigenvalue weighted by Crippen LogP contribution is -2.63. The maximum Gasteiger partial charge on any atom is 0.225 e. The van der Waals surface area contributed by atoms with Gasteiger partial charge in [0.25, 0.3) is 0 Å². The van der Waals surface area contributed by atoms with Crippen molar-refractivity contribution in [1.82, 2.24) is 4.90 Å². The lowest BCUT2D eigenvalue weighted by Gasteiger charge is -2.56. The number of carbonyl (C=O) groups is 1. The number of piperidine rings is 1. The summed E-state index contributed by atoms with van der Waals surface area (Å²) in [6.45, 7) is 8.86. The van der Waals surface area contributed by atoms with Crippen molar-refractivity contribution in [2.45, 2.75) is 71.5 Å². The first-order valence-electron chi connectivity index (χ1n) is 9.54. The Hall–Kier alpha value is -0.610. The van der Waals surface area contributed by atoms with Gasteiger partial charge >= 0.3 is 0 Å². The number of aliphatic hydroxyl groups excluding tert-OH is 1. The predicted octanol–water partition coefficient (Wildman–Crippen LogP) is 2.84.